The van der Waals surface area contributed by atoms with Gasteiger partial charge in [-0.2, -0.15) is 0 Å². The van der Waals surface area contributed by atoms with Crippen molar-refractivity contribution in [2.24, 2.45) is 0 Å². The molecule has 1 atom stereocenters. The minimum Gasteiger partial charge on any atom is -0.383 e. The number of ether oxygens (including phenoxy) is 1. The molecule has 0 saturated carbocycles. The standard InChI is InChI=1S/C12H15N3O3S/c1-8(7-18-3)14(2)10(16)9-6-13-12-15(11(9)17)4-5-19-12/h4-6,8H,7H2,1-3H3/t8-/m0/s1. The van der Waals surface area contributed by atoms with Crippen molar-refractivity contribution in [1.82, 2.24) is 14.3 Å². The van der Waals surface area contributed by atoms with E-state index in [0.717, 1.165) is 0 Å². The Kier molecular flexibility index (Phi) is 3.96. The number of amides is 1. The second kappa shape index (κ2) is 5.50. The van der Waals surface area contributed by atoms with Crippen LogP contribution in [0.1, 0.15) is 17.3 Å². The van der Waals surface area contributed by atoms with E-state index in [4.69, 9.17) is 4.74 Å². The van der Waals surface area contributed by atoms with Crippen molar-refractivity contribution in [3.63, 3.8) is 0 Å². The van der Waals surface area contributed by atoms with Gasteiger partial charge in [-0.1, -0.05) is 0 Å². The van der Waals surface area contributed by atoms with E-state index >= 15 is 0 Å². The number of thiazole rings is 1. The Bertz CT molecular complexity index is 649. The maximum absolute atomic E-state index is 12.3. The van der Waals surface area contributed by atoms with E-state index in [2.05, 4.69) is 4.98 Å². The molecule has 0 aliphatic heterocycles. The molecular formula is C12H15N3O3S. The van der Waals surface area contributed by atoms with E-state index in [-0.39, 0.29) is 23.1 Å². The topological polar surface area (TPSA) is 63.9 Å². The number of methoxy groups -OCH3 is 1. The molecule has 1 amide bonds. The van der Waals surface area contributed by atoms with Gasteiger partial charge in [0.15, 0.2) is 4.96 Å². The monoisotopic (exact) mass is 281 g/mol. The van der Waals surface area contributed by atoms with Crippen LogP contribution in [0.25, 0.3) is 4.96 Å². The summed E-state index contributed by atoms with van der Waals surface area (Å²) in [6.07, 6.45) is 2.96. The van der Waals surface area contributed by atoms with Crippen molar-refractivity contribution >= 4 is 22.2 Å². The van der Waals surface area contributed by atoms with E-state index in [1.807, 2.05) is 6.92 Å². The summed E-state index contributed by atoms with van der Waals surface area (Å²) in [5.74, 6) is -0.345. The Morgan fingerprint density at radius 3 is 3.05 bits per heavy atom. The summed E-state index contributed by atoms with van der Waals surface area (Å²) in [6, 6.07) is -0.111. The lowest BCUT2D eigenvalue weighted by Gasteiger charge is -2.23. The molecule has 102 valence electrons. The molecule has 0 aliphatic rings. The minimum absolute atomic E-state index is 0.0707. The Balaban J connectivity index is 2.36. The van der Waals surface area contributed by atoms with E-state index in [9.17, 15) is 9.59 Å². The highest BCUT2D eigenvalue weighted by atomic mass is 32.1. The first kappa shape index (κ1) is 13.7. The molecule has 2 aromatic rings. The number of hydrogen-bond donors (Lipinski definition) is 0. The zero-order valence-electron chi connectivity index (χ0n) is 11.0. The summed E-state index contributed by atoms with van der Waals surface area (Å²) in [4.78, 5) is 30.6. The number of nitrogens with zero attached hydrogens (tertiary/aromatic N) is 3. The summed E-state index contributed by atoms with van der Waals surface area (Å²) in [7, 11) is 3.22. The molecule has 2 rings (SSSR count). The summed E-state index contributed by atoms with van der Waals surface area (Å²) in [5, 5.41) is 1.76. The number of carbonyl (C=O) groups excluding carboxylic acids is 1. The van der Waals surface area contributed by atoms with Crippen molar-refractivity contribution in [2.45, 2.75) is 13.0 Å². The lowest BCUT2D eigenvalue weighted by molar-refractivity contribution is 0.0631. The van der Waals surface area contributed by atoms with Gasteiger partial charge in [0.25, 0.3) is 11.5 Å². The zero-order valence-corrected chi connectivity index (χ0v) is 11.8. The van der Waals surface area contributed by atoms with Crippen molar-refractivity contribution in [1.29, 1.82) is 0 Å². The molecule has 0 saturated heterocycles. The molecule has 2 aromatic heterocycles. The van der Waals surface area contributed by atoms with Gasteiger partial charge in [-0.15, -0.1) is 11.3 Å². The molecule has 6 nitrogen and oxygen atoms in total. The third-order valence-electron chi connectivity index (χ3n) is 2.96. The molecular weight excluding hydrogens is 266 g/mol. The fraction of sp³-hybridized carbons (Fsp3) is 0.417. The highest BCUT2D eigenvalue weighted by Gasteiger charge is 2.21. The van der Waals surface area contributed by atoms with Crippen LogP contribution in [-0.4, -0.2) is 47.0 Å². The third-order valence-corrected chi connectivity index (χ3v) is 3.73. The normalized spacial score (nSPS) is 12.6. The Morgan fingerprint density at radius 2 is 2.37 bits per heavy atom. The van der Waals surface area contributed by atoms with Gasteiger partial charge in [0.2, 0.25) is 0 Å². The van der Waals surface area contributed by atoms with Crippen LogP contribution in [0.4, 0.5) is 0 Å². The zero-order chi connectivity index (χ0) is 14.0. The maximum atomic E-state index is 12.3. The SMILES string of the molecule is COC[C@H](C)N(C)C(=O)c1cnc2sccn2c1=O. The van der Waals surface area contributed by atoms with Crippen molar-refractivity contribution < 1.29 is 9.53 Å². The maximum Gasteiger partial charge on any atom is 0.271 e. The van der Waals surface area contributed by atoms with E-state index < -0.39 is 0 Å². The van der Waals surface area contributed by atoms with Gasteiger partial charge >= 0.3 is 0 Å². The van der Waals surface area contributed by atoms with Crippen molar-refractivity contribution in [2.75, 3.05) is 20.8 Å². The molecule has 0 aliphatic carbocycles. The van der Waals surface area contributed by atoms with Gasteiger partial charge in [0, 0.05) is 31.9 Å². The quantitative estimate of drug-likeness (QED) is 0.834. The predicted octanol–water partition coefficient (Wildman–Crippen LogP) is 0.863. The lowest BCUT2D eigenvalue weighted by atomic mass is 10.2. The molecule has 0 bridgehead atoms. The van der Waals surface area contributed by atoms with E-state index in [0.29, 0.717) is 11.6 Å². The highest BCUT2D eigenvalue weighted by Crippen LogP contribution is 2.08. The van der Waals surface area contributed by atoms with Crippen LogP contribution in [0.5, 0.6) is 0 Å². The predicted molar refractivity (Wildman–Crippen MR) is 72.8 cm³/mol. The second-order valence-corrected chi connectivity index (χ2v) is 5.13. The third kappa shape index (κ3) is 2.52. The lowest BCUT2D eigenvalue weighted by Crippen LogP contribution is -2.40. The summed E-state index contributed by atoms with van der Waals surface area (Å²) >= 11 is 1.35. The number of carbonyl (C=O) groups is 1. The van der Waals surface area contributed by atoms with Gasteiger partial charge < -0.3 is 9.64 Å². The Morgan fingerprint density at radius 1 is 1.63 bits per heavy atom. The molecule has 2 heterocycles. The molecule has 0 N–H and O–H groups in total. The second-order valence-electron chi connectivity index (χ2n) is 4.25. The van der Waals surface area contributed by atoms with Gasteiger partial charge in [-0.25, -0.2) is 4.98 Å². The smallest absolute Gasteiger partial charge is 0.271 e. The number of hydrogen-bond acceptors (Lipinski definition) is 5. The first-order valence-corrected chi connectivity index (χ1v) is 6.65. The summed E-state index contributed by atoms with van der Waals surface area (Å²) in [6.45, 7) is 2.27. The number of aromatic nitrogens is 2. The van der Waals surface area contributed by atoms with Crippen LogP contribution in [0.3, 0.4) is 0 Å². The van der Waals surface area contributed by atoms with Crippen LogP contribution in [0.2, 0.25) is 0 Å². The molecule has 19 heavy (non-hydrogen) atoms. The first-order chi connectivity index (χ1) is 9.06. The Labute approximate surface area is 114 Å². The fourth-order valence-electron chi connectivity index (χ4n) is 1.71. The molecule has 0 unspecified atom stereocenters. The number of likely N-dealkylation sites (N-methyl/N-ethyl adjacent to an activating group) is 1. The van der Waals surface area contributed by atoms with Gasteiger partial charge in [0.05, 0.1) is 12.6 Å². The molecule has 0 aromatic carbocycles. The van der Waals surface area contributed by atoms with Crippen LogP contribution in [0.15, 0.2) is 22.6 Å². The average molecular weight is 281 g/mol. The van der Waals surface area contributed by atoms with E-state index in [1.165, 1.54) is 26.8 Å². The van der Waals surface area contributed by atoms with Crippen molar-refractivity contribution in [3.05, 3.63) is 33.7 Å². The minimum atomic E-state index is -0.345. The molecule has 0 fully saturated rings. The van der Waals surface area contributed by atoms with E-state index in [1.54, 1.807) is 25.7 Å². The van der Waals surface area contributed by atoms with Crippen LogP contribution < -0.4 is 5.56 Å². The number of fused-ring (bicyclic) bond motifs is 1. The van der Waals surface area contributed by atoms with Crippen LogP contribution in [0, 0.1) is 0 Å². The summed E-state index contributed by atoms with van der Waals surface area (Å²) < 4.78 is 6.39. The van der Waals surface area contributed by atoms with Crippen LogP contribution in [-0.2, 0) is 4.74 Å². The molecule has 0 spiro atoms. The Hall–Kier alpha value is -1.73. The van der Waals surface area contributed by atoms with Crippen LogP contribution >= 0.6 is 11.3 Å². The van der Waals surface area contributed by atoms with Gasteiger partial charge in [0.1, 0.15) is 5.56 Å². The average Bonchev–Trinajstić information content (AvgIpc) is 2.87. The van der Waals surface area contributed by atoms with Gasteiger partial charge in [-0.05, 0) is 6.92 Å². The molecule has 7 heteroatoms. The highest BCUT2D eigenvalue weighted by molar-refractivity contribution is 7.15. The number of rotatable bonds is 4. The molecule has 0 radical (unpaired) electrons. The summed E-state index contributed by atoms with van der Waals surface area (Å²) in [5.41, 5.74) is -0.269. The van der Waals surface area contributed by atoms with Crippen molar-refractivity contribution in [3.8, 4) is 0 Å². The largest absolute Gasteiger partial charge is 0.383 e. The fourth-order valence-corrected chi connectivity index (χ4v) is 2.39. The first-order valence-electron chi connectivity index (χ1n) is 5.77. The van der Waals surface area contributed by atoms with Gasteiger partial charge in [-0.3, -0.25) is 14.0 Å².